The van der Waals surface area contributed by atoms with E-state index in [-0.39, 0.29) is 17.0 Å². The van der Waals surface area contributed by atoms with Gasteiger partial charge < -0.3 is 4.42 Å². The molecule has 0 atom stereocenters. The number of carbonyl (C=O) groups is 3. The quantitative estimate of drug-likeness (QED) is 0.379. The topological polar surface area (TPSA) is 132 Å². The average Bonchev–Trinajstić information content (AvgIpc) is 2.99. The van der Waals surface area contributed by atoms with Crippen LogP contribution >= 0.6 is 0 Å². The molecule has 1 aromatic carbocycles. The summed E-state index contributed by atoms with van der Waals surface area (Å²) in [5.74, 6) is -1.13. The van der Waals surface area contributed by atoms with E-state index in [0.29, 0.717) is 16.9 Å². The van der Waals surface area contributed by atoms with Crippen LogP contribution in [0.1, 0.15) is 11.3 Å². The Morgan fingerprint density at radius 1 is 1.08 bits per heavy atom. The molecule has 9 nitrogen and oxygen atoms in total. The fraction of sp³-hybridized carbons (Fsp3) is 0.0625. The summed E-state index contributed by atoms with van der Waals surface area (Å²) in [7, 11) is 0. The lowest BCUT2D eigenvalue weighted by molar-refractivity contribution is -0.385. The van der Waals surface area contributed by atoms with Crippen molar-refractivity contribution in [2.24, 2.45) is 0 Å². The first-order valence-electron chi connectivity index (χ1n) is 7.09. The number of amides is 4. The van der Waals surface area contributed by atoms with Gasteiger partial charge in [-0.3, -0.25) is 30.3 Å². The summed E-state index contributed by atoms with van der Waals surface area (Å²) in [5.41, 5.74) is 0.626. The number of barbiturate groups is 1. The molecule has 2 N–H and O–H groups in total. The molecular weight excluding hydrogens is 330 g/mol. The summed E-state index contributed by atoms with van der Waals surface area (Å²) < 4.78 is 5.57. The predicted octanol–water partition coefficient (Wildman–Crippen LogP) is 1.91. The Kier molecular flexibility index (Phi) is 3.89. The van der Waals surface area contributed by atoms with Crippen molar-refractivity contribution in [2.75, 3.05) is 0 Å². The van der Waals surface area contributed by atoms with Gasteiger partial charge in [-0.15, -0.1) is 0 Å². The SMILES string of the molecule is Cc1c(-c2ccc(C=C3C(=O)NC(=O)NC3=O)o2)cccc1[N+](=O)[O-]. The van der Waals surface area contributed by atoms with E-state index in [0.717, 1.165) is 0 Å². The molecule has 1 fully saturated rings. The number of hydrogen-bond acceptors (Lipinski definition) is 6. The van der Waals surface area contributed by atoms with Gasteiger partial charge >= 0.3 is 6.03 Å². The van der Waals surface area contributed by atoms with Gasteiger partial charge in [0.1, 0.15) is 17.1 Å². The molecule has 9 heteroatoms. The number of nitrogens with zero attached hydrogens (tertiary/aromatic N) is 1. The number of nitro benzene ring substituents is 1. The minimum atomic E-state index is -0.889. The number of furan rings is 1. The van der Waals surface area contributed by atoms with Gasteiger partial charge in [0.05, 0.1) is 4.92 Å². The molecule has 2 aromatic rings. The van der Waals surface area contributed by atoms with Crippen LogP contribution in [0, 0.1) is 17.0 Å². The number of nitrogens with one attached hydrogen (secondary N) is 2. The van der Waals surface area contributed by atoms with Crippen LogP contribution in [0.5, 0.6) is 0 Å². The van der Waals surface area contributed by atoms with Gasteiger partial charge in [-0.25, -0.2) is 4.79 Å². The van der Waals surface area contributed by atoms with E-state index >= 15 is 0 Å². The lowest BCUT2D eigenvalue weighted by Gasteiger charge is -2.13. The Balaban J connectivity index is 1.96. The third-order valence-corrected chi connectivity index (χ3v) is 3.62. The van der Waals surface area contributed by atoms with Crippen LogP contribution in [-0.4, -0.2) is 22.8 Å². The maximum absolute atomic E-state index is 11.7. The molecule has 0 aliphatic carbocycles. The summed E-state index contributed by atoms with van der Waals surface area (Å²) >= 11 is 0. The van der Waals surface area contributed by atoms with Crippen molar-refractivity contribution < 1.29 is 23.7 Å². The molecule has 3 rings (SSSR count). The first-order valence-corrected chi connectivity index (χ1v) is 7.09. The fourth-order valence-corrected chi connectivity index (χ4v) is 2.41. The summed E-state index contributed by atoms with van der Waals surface area (Å²) in [6.07, 6.45) is 1.19. The van der Waals surface area contributed by atoms with E-state index in [1.807, 2.05) is 10.6 Å². The van der Waals surface area contributed by atoms with Gasteiger partial charge in [0.15, 0.2) is 0 Å². The largest absolute Gasteiger partial charge is 0.457 e. The Labute approximate surface area is 140 Å². The zero-order valence-electron chi connectivity index (χ0n) is 12.9. The lowest BCUT2D eigenvalue weighted by atomic mass is 10.1. The molecule has 1 aromatic heterocycles. The minimum absolute atomic E-state index is 0.0432. The highest BCUT2D eigenvalue weighted by molar-refractivity contribution is 6.31. The summed E-state index contributed by atoms with van der Waals surface area (Å²) in [6.45, 7) is 1.60. The number of urea groups is 1. The lowest BCUT2D eigenvalue weighted by Crippen LogP contribution is -2.51. The summed E-state index contributed by atoms with van der Waals surface area (Å²) in [6, 6.07) is 6.78. The standard InChI is InChI=1S/C16H11N3O6/c1-8-10(3-2-4-12(8)19(23)24)13-6-5-9(25-13)7-11-14(20)17-16(22)18-15(11)21/h2-7H,1H3,(H2,17,18,20,21,22). The first kappa shape index (κ1) is 16.1. The minimum Gasteiger partial charge on any atom is -0.457 e. The Morgan fingerprint density at radius 2 is 1.76 bits per heavy atom. The second kappa shape index (κ2) is 6.04. The van der Waals surface area contributed by atoms with Crippen LogP contribution in [0.25, 0.3) is 17.4 Å². The summed E-state index contributed by atoms with van der Waals surface area (Å²) in [5, 5.41) is 14.9. The van der Waals surface area contributed by atoms with Gasteiger partial charge in [0.25, 0.3) is 17.5 Å². The number of imide groups is 2. The van der Waals surface area contributed by atoms with E-state index in [4.69, 9.17) is 4.42 Å². The Bertz CT molecular complexity index is 935. The van der Waals surface area contributed by atoms with Crippen molar-refractivity contribution in [1.29, 1.82) is 0 Å². The van der Waals surface area contributed by atoms with Crippen LogP contribution in [0.4, 0.5) is 10.5 Å². The Hall–Kier alpha value is -3.75. The van der Waals surface area contributed by atoms with Crippen LogP contribution in [0.15, 0.2) is 40.3 Å². The number of hydrogen-bond donors (Lipinski definition) is 2. The maximum Gasteiger partial charge on any atom is 0.328 e. The number of carbonyl (C=O) groups excluding carboxylic acids is 3. The molecule has 1 aliphatic rings. The zero-order chi connectivity index (χ0) is 18.1. The fourth-order valence-electron chi connectivity index (χ4n) is 2.41. The molecule has 0 saturated carbocycles. The molecule has 0 bridgehead atoms. The maximum atomic E-state index is 11.7. The van der Waals surface area contributed by atoms with Crippen molar-refractivity contribution in [3.63, 3.8) is 0 Å². The van der Waals surface area contributed by atoms with Crippen molar-refractivity contribution in [3.8, 4) is 11.3 Å². The molecule has 1 saturated heterocycles. The number of rotatable bonds is 3. The monoisotopic (exact) mass is 341 g/mol. The van der Waals surface area contributed by atoms with Crippen molar-refractivity contribution in [2.45, 2.75) is 6.92 Å². The highest BCUT2D eigenvalue weighted by Crippen LogP contribution is 2.31. The van der Waals surface area contributed by atoms with E-state index in [1.54, 1.807) is 19.1 Å². The average molecular weight is 341 g/mol. The van der Waals surface area contributed by atoms with E-state index < -0.39 is 22.8 Å². The highest BCUT2D eigenvalue weighted by Gasteiger charge is 2.28. The highest BCUT2D eigenvalue weighted by atomic mass is 16.6. The summed E-state index contributed by atoms with van der Waals surface area (Å²) in [4.78, 5) is 44.9. The Morgan fingerprint density at radius 3 is 2.40 bits per heavy atom. The van der Waals surface area contributed by atoms with Crippen LogP contribution < -0.4 is 10.6 Å². The molecule has 4 amide bonds. The van der Waals surface area contributed by atoms with E-state index in [1.165, 1.54) is 24.3 Å². The smallest absolute Gasteiger partial charge is 0.328 e. The van der Waals surface area contributed by atoms with E-state index in [9.17, 15) is 24.5 Å². The van der Waals surface area contributed by atoms with E-state index in [2.05, 4.69) is 0 Å². The van der Waals surface area contributed by atoms with Gasteiger partial charge in [0.2, 0.25) is 0 Å². The van der Waals surface area contributed by atoms with Gasteiger partial charge in [-0.2, -0.15) is 0 Å². The molecule has 25 heavy (non-hydrogen) atoms. The second-order valence-electron chi connectivity index (χ2n) is 5.20. The number of benzene rings is 1. The second-order valence-corrected chi connectivity index (χ2v) is 5.20. The van der Waals surface area contributed by atoms with Gasteiger partial charge in [-0.05, 0) is 25.1 Å². The normalized spacial score (nSPS) is 14.1. The van der Waals surface area contributed by atoms with Crippen molar-refractivity contribution in [1.82, 2.24) is 10.6 Å². The van der Waals surface area contributed by atoms with Crippen molar-refractivity contribution >= 4 is 29.6 Å². The zero-order valence-corrected chi connectivity index (χ0v) is 12.9. The third-order valence-electron chi connectivity index (χ3n) is 3.62. The molecule has 0 spiro atoms. The van der Waals surface area contributed by atoms with Crippen LogP contribution in [0.3, 0.4) is 0 Å². The van der Waals surface area contributed by atoms with Gasteiger partial charge in [0, 0.05) is 17.2 Å². The molecule has 0 radical (unpaired) electrons. The predicted molar refractivity (Wildman–Crippen MR) is 85.2 cm³/mol. The molecular formula is C16H11N3O6. The molecule has 0 unspecified atom stereocenters. The third kappa shape index (κ3) is 3.02. The van der Waals surface area contributed by atoms with Crippen molar-refractivity contribution in [3.05, 3.63) is 57.3 Å². The van der Waals surface area contributed by atoms with Gasteiger partial charge in [-0.1, -0.05) is 12.1 Å². The van der Waals surface area contributed by atoms with Crippen LogP contribution in [0.2, 0.25) is 0 Å². The molecule has 126 valence electrons. The molecule has 1 aliphatic heterocycles. The van der Waals surface area contributed by atoms with Crippen LogP contribution in [-0.2, 0) is 9.59 Å². The first-order chi connectivity index (χ1) is 11.9. The number of nitro groups is 1. The molecule has 2 heterocycles.